The molecule has 5 nitrogen and oxygen atoms in total. The number of hydrogen-bond acceptors (Lipinski definition) is 4. The van der Waals surface area contributed by atoms with Gasteiger partial charge in [-0.05, 0) is 23.6 Å². The molecule has 0 aliphatic heterocycles. The molecule has 0 saturated carbocycles. The molecule has 0 radical (unpaired) electrons. The Balaban J connectivity index is 2.06. The normalized spacial score (nSPS) is 10.8. The first-order chi connectivity index (χ1) is 10.1. The number of ether oxygens (including phenoxy) is 3. The van der Waals surface area contributed by atoms with E-state index >= 15 is 0 Å². The van der Waals surface area contributed by atoms with Gasteiger partial charge in [-0.15, -0.1) is 0 Å². The Hall–Kier alpha value is -1.59. The fourth-order valence-electron chi connectivity index (χ4n) is 1.64. The summed E-state index contributed by atoms with van der Waals surface area (Å²) in [7, 11) is 0. The van der Waals surface area contributed by atoms with Crippen molar-refractivity contribution in [3.05, 3.63) is 29.8 Å². The summed E-state index contributed by atoms with van der Waals surface area (Å²) in [5, 5.41) is 8.67. The summed E-state index contributed by atoms with van der Waals surface area (Å²) in [4.78, 5) is 10.6. The lowest BCUT2D eigenvalue weighted by atomic mass is 10.1. The first-order valence-corrected chi connectivity index (χ1v) is 7.17. The molecule has 118 valence electrons. The first-order valence-electron chi connectivity index (χ1n) is 7.17. The first kappa shape index (κ1) is 17.5. The minimum atomic E-state index is -0.836. The van der Waals surface area contributed by atoms with Gasteiger partial charge in [0.15, 0.2) is 0 Å². The number of benzene rings is 1. The van der Waals surface area contributed by atoms with Gasteiger partial charge in [-0.25, -0.2) is 0 Å². The predicted molar refractivity (Wildman–Crippen MR) is 79.8 cm³/mol. The Morgan fingerprint density at radius 3 is 2.29 bits per heavy atom. The Morgan fingerprint density at radius 1 is 1.05 bits per heavy atom. The summed E-state index contributed by atoms with van der Waals surface area (Å²) in [5.74, 6) is 0.415. The van der Waals surface area contributed by atoms with E-state index in [1.807, 2.05) is 0 Å². The van der Waals surface area contributed by atoms with Crippen LogP contribution in [0.4, 0.5) is 0 Å². The Kier molecular flexibility index (Phi) is 8.47. The Bertz CT molecular complexity index is 400. The molecule has 0 aliphatic rings. The molecule has 0 heterocycles. The lowest BCUT2D eigenvalue weighted by Gasteiger charge is -2.09. The maximum Gasteiger partial charge on any atom is 0.307 e. The fraction of sp³-hybridized carbons (Fsp3) is 0.562. The SMILES string of the molecule is CC(C)COCCOCCOc1ccc(CC(=O)O)cc1. The molecule has 1 rings (SSSR count). The van der Waals surface area contributed by atoms with E-state index in [2.05, 4.69) is 13.8 Å². The monoisotopic (exact) mass is 296 g/mol. The van der Waals surface area contributed by atoms with Gasteiger partial charge in [0.25, 0.3) is 0 Å². The molecule has 0 saturated heterocycles. The molecular formula is C16H24O5. The number of carbonyl (C=O) groups is 1. The summed E-state index contributed by atoms with van der Waals surface area (Å²) in [6.45, 7) is 7.09. The average Bonchev–Trinajstić information content (AvgIpc) is 2.42. The van der Waals surface area contributed by atoms with Gasteiger partial charge in [-0.2, -0.15) is 0 Å². The van der Waals surface area contributed by atoms with Gasteiger partial charge >= 0.3 is 5.97 Å². The van der Waals surface area contributed by atoms with Crippen LogP contribution in [-0.4, -0.2) is 44.1 Å². The van der Waals surface area contributed by atoms with Crippen LogP contribution in [0.1, 0.15) is 19.4 Å². The lowest BCUT2D eigenvalue weighted by molar-refractivity contribution is -0.136. The summed E-state index contributed by atoms with van der Waals surface area (Å²) in [6, 6.07) is 7.04. The third-order valence-corrected chi connectivity index (χ3v) is 2.60. The molecule has 0 fully saturated rings. The van der Waals surface area contributed by atoms with Crippen molar-refractivity contribution in [2.24, 2.45) is 5.92 Å². The van der Waals surface area contributed by atoms with E-state index < -0.39 is 5.97 Å². The zero-order valence-electron chi connectivity index (χ0n) is 12.7. The van der Waals surface area contributed by atoms with Crippen molar-refractivity contribution >= 4 is 5.97 Å². The second-order valence-electron chi connectivity index (χ2n) is 5.14. The molecule has 0 atom stereocenters. The van der Waals surface area contributed by atoms with Crippen LogP contribution in [0.2, 0.25) is 0 Å². The van der Waals surface area contributed by atoms with E-state index in [0.29, 0.717) is 38.1 Å². The maximum absolute atomic E-state index is 10.6. The van der Waals surface area contributed by atoms with Gasteiger partial charge in [0.1, 0.15) is 12.4 Å². The van der Waals surface area contributed by atoms with Crippen molar-refractivity contribution in [2.75, 3.05) is 33.0 Å². The molecule has 0 aromatic heterocycles. The highest BCUT2D eigenvalue weighted by atomic mass is 16.5. The molecule has 0 amide bonds. The highest BCUT2D eigenvalue weighted by molar-refractivity contribution is 5.70. The molecule has 0 bridgehead atoms. The van der Waals surface area contributed by atoms with Gasteiger partial charge in [0, 0.05) is 6.61 Å². The van der Waals surface area contributed by atoms with Gasteiger partial charge in [-0.1, -0.05) is 26.0 Å². The fourth-order valence-corrected chi connectivity index (χ4v) is 1.64. The molecule has 0 unspecified atom stereocenters. The molecule has 1 N–H and O–H groups in total. The van der Waals surface area contributed by atoms with E-state index in [1.54, 1.807) is 24.3 Å². The summed E-state index contributed by atoms with van der Waals surface area (Å²) in [6.07, 6.45) is 0.0275. The quantitative estimate of drug-likeness (QED) is 0.635. The highest BCUT2D eigenvalue weighted by Gasteiger charge is 2.00. The van der Waals surface area contributed by atoms with E-state index in [1.165, 1.54) is 0 Å². The molecule has 5 heteroatoms. The zero-order valence-corrected chi connectivity index (χ0v) is 12.7. The van der Waals surface area contributed by atoms with Crippen LogP contribution in [0, 0.1) is 5.92 Å². The summed E-state index contributed by atoms with van der Waals surface area (Å²) < 4.78 is 16.3. The van der Waals surface area contributed by atoms with Gasteiger partial charge in [0.2, 0.25) is 0 Å². The maximum atomic E-state index is 10.6. The summed E-state index contributed by atoms with van der Waals surface area (Å²) >= 11 is 0. The van der Waals surface area contributed by atoms with E-state index in [0.717, 1.165) is 12.2 Å². The molecular weight excluding hydrogens is 272 g/mol. The van der Waals surface area contributed by atoms with E-state index in [-0.39, 0.29) is 6.42 Å². The lowest BCUT2D eigenvalue weighted by Crippen LogP contribution is -2.12. The second-order valence-corrected chi connectivity index (χ2v) is 5.14. The van der Waals surface area contributed by atoms with Crippen LogP contribution < -0.4 is 4.74 Å². The Labute approximate surface area is 125 Å². The van der Waals surface area contributed by atoms with Crippen LogP contribution in [0.25, 0.3) is 0 Å². The summed E-state index contributed by atoms with van der Waals surface area (Å²) in [5.41, 5.74) is 0.758. The minimum absolute atomic E-state index is 0.0275. The van der Waals surface area contributed by atoms with Gasteiger partial charge < -0.3 is 19.3 Å². The van der Waals surface area contributed by atoms with Crippen molar-refractivity contribution in [3.63, 3.8) is 0 Å². The van der Waals surface area contributed by atoms with E-state index in [9.17, 15) is 4.79 Å². The molecule has 1 aromatic carbocycles. The molecule has 0 aliphatic carbocycles. The molecule has 0 spiro atoms. The van der Waals surface area contributed by atoms with Crippen molar-refractivity contribution in [2.45, 2.75) is 20.3 Å². The molecule has 21 heavy (non-hydrogen) atoms. The topological polar surface area (TPSA) is 65.0 Å². The third-order valence-electron chi connectivity index (χ3n) is 2.60. The minimum Gasteiger partial charge on any atom is -0.491 e. The van der Waals surface area contributed by atoms with Crippen LogP contribution >= 0.6 is 0 Å². The standard InChI is InChI=1S/C16H24O5/c1-13(2)12-20-8-7-19-9-10-21-15-5-3-14(4-6-15)11-16(17)18/h3-6,13H,7-12H2,1-2H3,(H,17,18). The largest absolute Gasteiger partial charge is 0.491 e. The van der Waals surface area contributed by atoms with E-state index in [4.69, 9.17) is 19.3 Å². The number of rotatable bonds is 11. The van der Waals surface area contributed by atoms with Crippen LogP contribution in [0.3, 0.4) is 0 Å². The number of carboxylic acid groups (broad SMARTS) is 1. The van der Waals surface area contributed by atoms with Crippen molar-refractivity contribution in [1.29, 1.82) is 0 Å². The van der Waals surface area contributed by atoms with Crippen LogP contribution in [0.5, 0.6) is 5.75 Å². The molecule has 1 aromatic rings. The average molecular weight is 296 g/mol. The van der Waals surface area contributed by atoms with Crippen LogP contribution in [-0.2, 0) is 20.7 Å². The predicted octanol–water partition coefficient (Wildman–Crippen LogP) is 2.38. The number of aliphatic carboxylic acids is 1. The van der Waals surface area contributed by atoms with Crippen molar-refractivity contribution < 1.29 is 24.1 Å². The smallest absolute Gasteiger partial charge is 0.307 e. The number of hydrogen-bond donors (Lipinski definition) is 1. The zero-order chi connectivity index (χ0) is 15.5. The van der Waals surface area contributed by atoms with Crippen molar-refractivity contribution in [1.82, 2.24) is 0 Å². The van der Waals surface area contributed by atoms with Gasteiger partial charge in [0.05, 0.1) is 26.2 Å². The van der Waals surface area contributed by atoms with Crippen molar-refractivity contribution in [3.8, 4) is 5.75 Å². The Morgan fingerprint density at radius 2 is 1.67 bits per heavy atom. The second kappa shape index (κ2) is 10.2. The number of carboxylic acids is 1. The van der Waals surface area contributed by atoms with Crippen LogP contribution in [0.15, 0.2) is 24.3 Å². The highest BCUT2D eigenvalue weighted by Crippen LogP contribution is 2.12. The third kappa shape index (κ3) is 9.05. The van der Waals surface area contributed by atoms with Gasteiger partial charge in [-0.3, -0.25) is 4.79 Å².